The van der Waals surface area contributed by atoms with Crippen molar-refractivity contribution in [1.29, 1.82) is 0 Å². The van der Waals surface area contributed by atoms with Crippen molar-refractivity contribution < 1.29 is 4.79 Å². The van der Waals surface area contributed by atoms with Gasteiger partial charge < -0.3 is 5.32 Å². The summed E-state index contributed by atoms with van der Waals surface area (Å²) in [4.78, 5) is 12.2. The molecule has 0 bridgehead atoms. The fourth-order valence-electron chi connectivity index (χ4n) is 1.69. The minimum Gasteiger partial charge on any atom is -0.322 e. The molecule has 19 heavy (non-hydrogen) atoms. The van der Waals surface area contributed by atoms with Gasteiger partial charge in [0.1, 0.15) is 0 Å². The molecule has 0 unspecified atom stereocenters. The molecule has 4 heteroatoms. The average Bonchev–Trinajstić information content (AvgIpc) is 2.42. The number of aryl methyl sites for hydroxylation is 1. The summed E-state index contributed by atoms with van der Waals surface area (Å²) in [5, 5.41) is 2.91. The summed E-state index contributed by atoms with van der Waals surface area (Å²) in [6.07, 6.45) is 0.997. The molecular weight excluding hydrogens is 417 g/mol. The van der Waals surface area contributed by atoms with Crippen LogP contribution in [-0.4, -0.2) is 5.91 Å². The van der Waals surface area contributed by atoms with E-state index in [1.54, 1.807) is 0 Å². The van der Waals surface area contributed by atoms with Gasteiger partial charge >= 0.3 is 0 Å². The van der Waals surface area contributed by atoms with Gasteiger partial charge in [0.25, 0.3) is 5.91 Å². The zero-order chi connectivity index (χ0) is 13.8. The van der Waals surface area contributed by atoms with E-state index >= 15 is 0 Å². The Kier molecular flexibility index (Phi) is 4.99. The number of benzene rings is 2. The highest BCUT2D eigenvalue weighted by Gasteiger charge is 2.10. The third kappa shape index (κ3) is 3.79. The quantitative estimate of drug-likeness (QED) is 0.693. The van der Waals surface area contributed by atoms with Crippen molar-refractivity contribution in [3.63, 3.8) is 0 Å². The smallest absolute Gasteiger partial charge is 0.256 e. The van der Waals surface area contributed by atoms with Crippen LogP contribution in [-0.2, 0) is 6.42 Å². The number of carbonyl (C=O) groups excluding carboxylic acids is 1. The molecule has 0 aliphatic heterocycles. The van der Waals surface area contributed by atoms with E-state index < -0.39 is 0 Å². The van der Waals surface area contributed by atoms with Gasteiger partial charge in [-0.25, -0.2) is 0 Å². The normalized spacial score (nSPS) is 10.3. The van der Waals surface area contributed by atoms with Crippen LogP contribution in [0.15, 0.2) is 46.9 Å². The zero-order valence-corrected chi connectivity index (χ0v) is 14.2. The molecule has 2 rings (SSSR count). The predicted octanol–water partition coefficient (Wildman–Crippen LogP) is 4.87. The summed E-state index contributed by atoms with van der Waals surface area (Å²) in [6, 6.07) is 13.6. The minimum absolute atomic E-state index is 0.102. The van der Waals surface area contributed by atoms with E-state index in [1.165, 1.54) is 5.56 Å². The van der Waals surface area contributed by atoms with Crippen LogP contribution in [0, 0.1) is 3.57 Å². The van der Waals surface area contributed by atoms with Crippen molar-refractivity contribution in [2.75, 3.05) is 5.32 Å². The third-order valence-electron chi connectivity index (χ3n) is 2.79. The van der Waals surface area contributed by atoms with Crippen molar-refractivity contribution in [3.05, 3.63) is 61.6 Å². The molecule has 0 aromatic heterocycles. The summed E-state index contributed by atoms with van der Waals surface area (Å²) >= 11 is 5.60. The molecule has 0 radical (unpaired) electrons. The van der Waals surface area contributed by atoms with E-state index in [4.69, 9.17) is 0 Å². The molecule has 0 aliphatic carbocycles. The highest BCUT2D eigenvalue weighted by atomic mass is 127. The van der Waals surface area contributed by atoms with Crippen LogP contribution >= 0.6 is 38.5 Å². The number of nitrogens with one attached hydrogen (secondary N) is 1. The van der Waals surface area contributed by atoms with E-state index in [9.17, 15) is 4.79 Å². The second kappa shape index (κ2) is 6.52. The third-order valence-corrected chi connectivity index (χ3v) is 4.16. The Morgan fingerprint density at radius 2 is 1.89 bits per heavy atom. The molecule has 0 heterocycles. The first-order valence-corrected chi connectivity index (χ1v) is 7.82. The first kappa shape index (κ1) is 14.5. The summed E-state index contributed by atoms with van der Waals surface area (Å²) in [5.41, 5.74) is 2.72. The number of halogens is 2. The first-order valence-electron chi connectivity index (χ1n) is 5.95. The van der Waals surface area contributed by atoms with Crippen LogP contribution in [0.5, 0.6) is 0 Å². The fourth-order valence-corrected chi connectivity index (χ4v) is 2.61. The lowest BCUT2D eigenvalue weighted by atomic mass is 10.1. The predicted molar refractivity (Wildman–Crippen MR) is 90.6 cm³/mol. The molecule has 2 nitrogen and oxygen atoms in total. The van der Waals surface area contributed by atoms with Gasteiger partial charge in [-0.3, -0.25) is 4.79 Å². The van der Waals surface area contributed by atoms with Crippen molar-refractivity contribution >= 4 is 50.1 Å². The van der Waals surface area contributed by atoms with Crippen LogP contribution < -0.4 is 5.32 Å². The lowest BCUT2D eigenvalue weighted by Gasteiger charge is -2.08. The van der Waals surface area contributed by atoms with Crippen molar-refractivity contribution in [1.82, 2.24) is 0 Å². The van der Waals surface area contributed by atoms with Gasteiger partial charge in [0.2, 0.25) is 0 Å². The SMILES string of the molecule is CCc1ccc(NC(=O)c2cc(I)ccc2Br)cc1. The van der Waals surface area contributed by atoms with Crippen molar-refractivity contribution in [2.24, 2.45) is 0 Å². The van der Waals surface area contributed by atoms with Crippen molar-refractivity contribution in [3.8, 4) is 0 Å². The molecule has 1 amide bonds. The maximum absolute atomic E-state index is 12.2. The monoisotopic (exact) mass is 429 g/mol. The van der Waals surface area contributed by atoms with Crippen LogP contribution in [0.3, 0.4) is 0 Å². The highest BCUT2D eigenvalue weighted by Crippen LogP contribution is 2.21. The Bertz CT molecular complexity index is 596. The molecule has 98 valence electrons. The summed E-state index contributed by atoms with van der Waals surface area (Å²) in [5.74, 6) is -0.102. The largest absolute Gasteiger partial charge is 0.322 e. The molecule has 0 saturated heterocycles. The topological polar surface area (TPSA) is 29.1 Å². The summed E-state index contributed by atoms with van der Waals surface area (Å²) in [7, 11) is 0. The molecule has 0 atom stereocenters. The minimum atomic E-state index is -0.102. The summed E-state index contributed by atoms with van der Waals surface area (Å²) in [6.45, 7) is 2.11. The van der Waals surface area contributed by atoms with Crippen LogP contribution in [0.4, 0.5) is 5.69 Å². The van der Waals surface area contributed by atoms with Crippen LogP contribution in [0.2, 0.25) is 0 Å². The Hall–Kier alpha value is -0.880. The number of carbonyl (C=O) groups is 1. The Morgan fingerprint density at radius 3 is 2.53 bits per heavy atom. The Morgan fingerprint density at radius 1 is 1.21 bits per heavy atom. The molecule has 0 spiro atoms. The first-order chi connectivity index (χ1) is 9.10. The van der Waals surface area contributed by atoms with E-state index in [1.807, 2.05) is 42.5 Å². The Balaban J connectivity index is 2.18. The second-order valence-electron chi connectivity index (χ2n) is 4.13. The number of rotatable bonds is 3. The van der Waals surface area contributed by atoms with Gasteiger partial charge in [-0.1, -0.05) is 19.1 Å². The highest BCUT2D eigenvalue weighted by molar-refractivity contribution is 14.1. The summed E-state index contributed by atoms with van der Waals surface area (Å²) < 4.78 is 1.84. The number of anilines is 1. The molecule has 2 aromatic carbocycles. The standard InChI is InChI=1S/C15H13BrINO/c1-2-10-3-6-12(7-4-10)18-15(19)13-9-11(17)5-8-14(13)16/h3-9H,2H2,1H3,(H,18,19). The molecule has 0 saturated carbocycles. The van der Waals surface area contributed by atoms with Gasteiger partial charge in [0, 0.05) is 13.7 Å². The van der Waals surface area contributed by atoms with Gasteiger partial charge in [-0.2, -0.15) is 0 Å². The van der Waals surface area contributed by atoms with Gasteiger partial charge in [-0.15, -0.1) is 0 Å². The van der Waals surface area contributed by atoms with Crippen LogP contribution in [0.25, 0.3) is 0 Å². The Labute approximate surface area is 134 Å². The van der Waals surface area contributed by atoms with Gasteiger partial charge in [0.15, 0.2) is 0 Å². The lowest BCUT2D eigenvalue weighted by molar-refractivity contribution is 0.102. The van der Waals surface area contributed by atoms with Gasteiger partial charge in [0.05, 0.1) is 5.56 Å². The second-order valence-corrected chi connectivity index (χ2v) is 6.23. The maximum atomic E-state index is 12.2. The average molecular weight is 430 g/mol. The number of hydrogen-bond donors (Lipinski definition) is 1. The molecule has 0 fully saturated rings. The van der Waals surface area contributed by atoms with Gasteiger partial charge in [-0.05, 0) is 80.8 Å². The number of amides is 1. The van der Waals surface area contributed by atoms with E-state index in [2.05, 4.69) is 50.8 Å². The fraction of sp³-hybridized carbons (Fsp3) is 0.133. The number of hydrogen-bond acceptors (Lipinski definition) is 1. The van der Waals surface area contributed by atoms with Crippen molar-refractivity contribution in [2.45, 2.75) is 13.3 Å². The maximum Gasteiger partial charge on any atom is 0.256 e. The molecule has 1 N–H and O–H groups in total. The van der Waals surface area contributed by atoms with E-state index in [0.29, 0.717) is 5.56 Å². The molecule has 0 aliphatic rings. The molecule has 2 aromatic rings. The van der Waals surface area contributed by atoms with E-state index in [-0.39, 0.29) is 5.91 Å². The lowest BCUT2D eigenvalue weighted by Crippen LogP contribution is -2.12. The van der Waals surface area contributed by atoms with E-state index in [0.717, 1.165) is 20.2 Å². The zero-order valence-electron chi connectivity index (χ0n) is 10.4. The molecular formula is C15H13BrINO. The van der Waals surface area contributed by atoms with Crippen LogP contribution in [0.1, 0.15) is 22.8 Å².